The first-order valence-corrected chi connectivity index (χ1v) is 14.4. The fraction of sp³-hybridized carbons (Fsp3) is 0.125. The lowest BCUT2D eigenvalue weighted by Crippen LogP contribution is -2.55. The van der Waals surface area contributed by atoms with E-state index in [-0.39, 0.29) is 34.2 Å². The van der Waals surface area contributed by atoms with Gasteiger partial charge in [0.05, 0.1) is 16.8 Å². The Morgan fingerprint density at radius 1 is 1.15 bits per heavy atom. The predicted octanol–water partition coefficient (Wildman–Crippen LogP) is -0.132. The molecular weight excluding hydrogens is 578 g/mol. The van der Waals surface area contributed by atoms with Gasteiger partial charge in [-0.2, -0.15) is 0 Å². The van der Waals surface area contributed by atoms with Crippen LogP contribution in [0.2, 0.25) is 0 Å². The normalized spacial score (nSPS) is 15.5. The SMILES string of the molecule is O=C(O)c1cccc2c1OB(O)[C@@H](NC(=O)[C@@H](NC(=O)c1cnc3sccn3c1=O)c1ccc(P(=O)(O)O)cc1)C2. The van der Waals surface area contributed by atoms with E-state index < -0.39 is 50.0 Å². The number of nitrogens with zero attached hydrogens (tertiary/aromatic N) is 2. The van der Waals surface area contributed by atoms with Crippen molar-refractivity contribution in [3.8, 4) is 5.75 Å². The number of aromatic nitrogens is 2. The van der Waals surface area contributed by atoms with E-state index in [0.717, 1.165) is 18.3 Å². The van der Waals surface area contributed by atoms with Gasteiger partial charge in [0, 0.05) is 17.8 Å². The Hall–Kier alpha value is -4.34. The number of fused-ring (bicyclic) bond motifs is 2. The minimum atomic E-state index is -4.60. The largest absolute Gasteiger partial charge is 0.547 e. The molecule has 2 atom stereocenters. The number of hydrogen-bond acceptors (Lipinski definition) is 9. The summed E-state index contributed by atoms with van der Waals surface area (Å²) in [4.78, 5) is 74.3. The summed E-state index contributed by atoms with van der Waals surface area (Å²) in [5.74, 6) is -4.16. The third-order valence-electron chi connectivity index (χ3n) is 6.37. The maximum atomic E-state index is 13.5. The van der Waals surface area contributed by atoms with Crippen LogP contribution in [0.3, 0.4) is 0 Å². The number of amides is 2. The van der Waals surface area contributed by atoms with Gasteiger partial charge < -0.3 is 35.2 Å². The topological polar surface area (TPSA) is 217 Å². The smallest absolute Gasteiger partial charge is 0.534 e. The number of para-hydroxylation sites is 1. The van der Waals surface area contributed by atoms with Crippen LogP contribution in [0.15, 0.2) is 65.0 Å². The van der Waals surface area contributed by atoms with Crippen molar-refractivity contribution in [1.82, 2.24) is 20.0 Å². The molecule has 0 unspecified atom stereocenters. The summed E-state index contributed by atoms with van der Waals surface area (Å²) >= 11 is 1.18. The molecule has 0 aliphatic carbocycles. The summed E-state index contributed by atoms with van der Waals surface area (Å²) in [7, 11) is -6.24. The summed E-state index contributed by atoms with van der Waals surface area (Å²) < 4.78 is 18.2. The second-order valence-electron chi connectivity index (χ2n) is 9.00. The molecule has 14 nitrogen and oxygen atoms in total. The molecule has 3 heterocycles. The molecular formula is C24H20BN4O10PS. The number of thiazole rings is 1. The maximum Gasteiger partial charge on any atom is 0.547 e. The Kier molecular flexibility index (Phi) is 7.51. The van der Waals surface area contributed by atoms with Crippen LogP contribution in [0.25, 0.3) is 4.96 Å². The zero-order valence-electron chi connectivity index (χ0n) is 20.7. The van der Waals surface area contributed by atoms with Gasteiger partial charge in [-0.15, -0.1) is 11.3 Å². The van der Waals surface area contributed by atoms with E-state index >= 15 is 0 Å². The number of carboxylic acid groups (broad SMARTS) is 1. The van der Waals surface area contributed by atoms with Crippen LogP contribution in [0.5, 0.6) is 5.75 Å². The zero-order valence-corrected chi connectivity index (χ0v) is 22.4. The second kappa shape index (κ2) is 10.9. The van der Waals surface area contributed by atoms with Crippen LogP contribution < -0.4 is 26.2 Å². The molecule has 17 heteroatoms. The van der Waals surface area contributed by atoms with Crippen molar-refractivity contribution >= 4 is 54.1 Å². The fourth-order valence-corrected chi connectivity index (χ4v) is 5.55. The number of carbonyl (C=O) groups excluding carboxylic acids is 2. The summed E-state index contributed by atoms with van der Waals surface area (Å²) in [5.41, 5.74) is -0.676. The average molecular weight is 598 g/mol. The van der Waals surface area contributed by atoms with E-state index in [1.54, 1.807) is 11.4 Å². The molecule has 210 valence electrons. The Morgan fingerprint density at radius 3 is 2.56 bits per heavy atom. The number of carboxylic acids is 1. The molecule has 0 saturated heterocycles. The van der Waals surface area contributed by atoms with Crippen molar-refractivity contribution in [3.63, 3.8) is 0 Å². The van der Waals surface area contributed by atoms with Gasteiger partial charge in [0.1, 0.15) is 17.4 Å². The Labute approximate surface area is 234 Å². The van der Waals surface area contributed by atoms with E-state index in [9.17, 15) is 43.7 Å². The minimum absolute atomic E-state index is 0.0126. The lowest BCUT2D eigenvalue weighted by Gasteiger charge is -2.30. The molecule has 0 fully saturated rings. The number of benzene rings is 2. The highest BCUT2D eigenvalue weighted by atomic mass is 32.1. The Balaban J connectivity index is 1.44. The summed E-state index contributed by atoms with van der Waals surface area (Å²) in [5, 5.41) is 26.3. The molecule has 1 aliphatic heterocycles. The lowest BCUT2D eigenvalue weighted by molar-refractivity contribution is -0.123. The molecule has 41 heavy (non-hydrogen) atoms. The van der Waals surface area contributed by atoms with E-state index in [2.05, 4.69) is 15.6 Å². The zero-order chi connectivity index (χ0) is 29.5. The summed E-state index contributed by atoms with van der Waals surface area (Å²) in [6, 6.07) is 7.54. The van der Waals surface area contributed by atoms with Crippen LogP contribution in [-0.2, 0) is 15.8 Å². The van der Waals surface area contributed by atoms with Crippen molar-refractivity contribution in [3.05, 3.63) is 92.8 Å². The van der Waals surface area contributed by atoms with Crippen molar-refractivity contribution in [2.75, 3.05) is 0 Å². The van der Waals surface area contributed by atoms with Crippen molar-refractivity contribution in [2.24, 2.45) is 0 Å². The lowest BCUT2D eigenvalue weighted by atomic mass is 9.72. The standard InChI is InChI=1S/C24H20BN4O10PS/c30-20(16-11-26-24-29(22(16)32)8-9-41-24)28-18(12-4-6-14(7-5-12)40(36,37)38)21(31)27-17-10-13-2-1-3-15(23(33)34)19(13)39-25(17)35/h1-9,11,17-18,35H,10H2,(H,27,31)(H,28,30)(H,33,34)(H2,36,37,38)/t17-,18-/m0/s1. The first kappa shape index (κ1) is 28.2. The van der Waals surface area contributed by atoms with Gasteiger partial charge in [-0.1, -0.05) is 24.3 Å². The van der Waals surface area contributed by atoms with Gasteiger partial charge in [0.15, 0.2) is 4.96 Å². The summed E-state index contributed by atoms with van der Waals surface area (Å²) in [6.07, 6.45) is 2.50. The van der Waals surface area contributed by atoms with E-state index in [0.29, 0.717) is 10.5 Å². The van der Waals surface area contributed by atoms with Gasteiger partial charge in [-0.3, -0.25) is 23.3 Å². The van der Waals surface area contributed by atoms with E-state index in [1.807, 2.05) is 0 Å². The minimum Gasteiger partial charge on any atom is -0.534 e. The highest BCUT2D eigenvalue weighted by Crippen LogP contribution is 2.33. The Morgan fingerprint density at radius 2 is 1.88 bits per heavy atom. The second-order valence-corrected chi connectivity index (χ2v) is 11.5. The van der Waals surface area contributed by atoms with Crippen LogP contribution in [0.4, 0.5) is 0 Å². The third kappa shape index (κ3) is 5.64. The highest BCUT2D eigenvalue weighted by Gasteiger charge is 2.39. The molecule has 0 spiro atoms. The quantitative estimate of drug-likeness (QED) is 0.122. The predicted molar refractivity (Wildman–Crippen MR) is 145 cm³/mol. The van der Waals surface area contributed by atoms with Crippen molar-refractivity contribution in [2.45, 2.75) is 18.4 Å². The molecule has 2 amide bonds. The molecule has 1 aliphatic rings. The average Bonchev–Trinajstić information content (AvgIpc) is 3.41. The van der Waals surface area contributed by atoms with Gasteiger partial charge in [-0.05, 0) is 35.7 Å². The molecule has 4 aromatic rings. The summed E-state index contributed by atoms with van der Waals surface area (Å²) in [6.45, 7) is 0. The Bertz CT molecular complexity index is 1790. The number of hydrogen-bond donors (Lipinski definition) is 6. The monoisotopic (exact) mass is 598 g/mol. The highest BCUT2D eigenvalue weighted by molar-refractivity contribution is 7.60. The van der Waals surface area contributed by atoms with Crippen molar-refractivity contribution in [1.29, 1.82) is 0 Å². The molecule has 2 aromatic heterocycles. The molecule has 0 saturated carbocycles. The molecule has 2 aromatic carbocycles. The number of carbonyl (C=O) groups is 3. The van der Waals surface area contributed by atoms with E-state index in [4.69, 9.17) is 4.65 Å². The first-order chi connectivity index (χ1) is 19.4. The van der Waals surface area contributed by atoms with Crippen LogP contribution in [-0.4, -0.2) is 60.1 Å². The maximum absolute atomic E-state index is 13.5. The fourth-order valence-electron chi connectivity index (χ4n) is 4.33. The van der Waals surface area contributed by atoms with Gasteiger partial charge in [0.2, 0.25) is 5.91 Å². The third-order valence-corrected chi connectivity index (χ3v) is 8.11. The molecule has 0 bridgehead atoms. The van der Waals surface area contributed by atoms with Crippen molar-refractivity contribution < 1.29 is 43.5 Å². The molecule has 0 radical (unpaired) electrons. The first-order valence-electron chi connectivity index (χ1n) is 11.9. The van der Waals surface area contributed by atoms with Gasteiger partial charge >= 0.3 is 20.7 Å². The number of rotatable bonds is 7. The van der Waals surface area contributed by atoms with Crippen LogP contribution in [0.1, 0.15) is 37.9 Å². The molecule has 5 rings (SSSR count). The van der Waals surface area contributed by atoms with Gasteiger partial charge in [-0.25, -0.2) is 9.78 Å². The molecule has 6 N–H and O–H groups in total. The van der Waals surface area contributed by atoms with Crippen LogP contribution in [0, 0.1) is 0 Å². The van der Waals surface area contributed by atoms with E-state index in [1.165, 1.54) is 46.2 Å². The van der Waals surface area contributed by atoms with Crippen LogP contribution >= 0.6 is 18.9 Å². The number of nitrogens with one attached hydrogen (secondary N) is 2. The number of aromatic carboxylic acids is 1. The van der Waals surface area contributed by atoms with Gasteiger partial charge in [0.25, 0.3) is 11.5 Å².